The molecule has 0 saturated carbocycles. The van der Waals surface area contributed by atoms with Gasteiger partial charge in [0.05, 0.1) is 5.69 Å². The first-order valence-corrected chi connectivity index (χ1v) is 11.3. The van der Waals surface area contributed by atoms with Crippen LogP contribution in [0.4, 0.5) is 0 Å². The maximum absolute atomic E-state index is 12.1. The summed E-state index contributed by atoms with van der Waals surface area (Å²) in [6, 6.07) is 12.1. The lowest BCUT2D eigenvalue weighted by molar-refractivity contribution is -0.164. The number of nitriles is 1. The molecule has 2 aromatic rings. The highest BCUT2D eigenvalue weighted by atomic mass is 16.7. The first-order valence-electron chi connectivity index (χ1n) is 11.3. The van der Waals surface area contributed by atoms with Gasteiger partial charge in [-0.05, 0) is 42.9 Å². The van der Waals surface area contributed by atoms with Gasteiger partial charge in [-0.15, -0.1) is 0 Å². The van der Waals surface area contributed by atoms with Gasteiger partial charge in [0.1, 0.15) is 17.3 Å². The van der Waals surface area contributed by atoms with E-state index in [9.17, 15) is 10.1 Å². The monoisotopic (exact) mass is 437 g/mol. The van der Waals surface area contributed by atoms with E-state index >= 15 is 0 Å². The average molecular weight is 438 g/mol. The number of aryl methyl sites for hydroxylation is 2. The number of esters is 1. The van der Waals surface area contributed by atoms with Crippen molar-refractivity contribution >= 4 is 17.3 Å². The molecule has 0 radical (unpaired) electrons. The minimum Gasteiger partial charge on any atom is -0.451 e. The molecule has 1 aromatic carbocycles. The minimum absolute atomic E-state index is 0.00747. The summed E-state index contributed by atoms with van der Waals surface area (Å²) >= 11 is 0. The summed E-state index contributed by atoms with van der Waals surface area (Å²) in [5.41, 5.74) is 3.79. The standard InChI is InChI=1S/C26H35N3O3/c1-8-10-11-24(30)31-19(4)32-25(23-16-18(3)28-29(23)9-2)22(17-27)20-12-14-21(15-13-20)26(5,6)7/h12-16,19H,8-11H2,1-7H3/b25-22-. The smallest absolute Gasteiger partial charge is 0.308 e. The molecule has 0 spiro atoms. The number of hydrogen-bond donors (Lipinski definition) is 0. The van der Waals surface area contributed by atoms with E-state index in [0.717, 1.165) is 24.1 Å². The SMILES string of the molecule is CCCCC(=O)OC(C)O/C(=C(/C#N)c1ccc(C(C)(C)C)cc1)c1cc(C)nn1CC. The Hall–Kier alpha value is -3.07. The Morgan fingerprint density at radius 2 is 1.84 bits per heavy atom. The van der Waals surface area contributed by atoms with Crippen molar-refractivity contribution in [2.75, 3.05) is 0 Å². The van der Waals surface area contributed by atoms with Crippen LogP contribution in [-0.4, -0.2) is 22.0 Å². The lowest BCUT2D eigenvalue weighted by atomic mass is 9.86. The number of carbonyl (C=O) groups excluding carboxylic acids is 1. The highest BCUT2D eigenvalue weighted by Gasteiger charge is 2.23. The number of allylic oxidation sites excluding steroid dienone is 1. The zero-order valence-electron chi connectivity index (χ0n) is 20.4. The summed E-state index contributed by atoms with van der Waals surface area (Å²) in [4.78, 5) is 12.1. The lowest BCUT2D eigenvalue weighted by Crippen LogP contribution is -2.19. The number of hydrogen-bond acceptors (Lipinski definition) is 5. The van der Waals surface area contributed by atoms with Crippen molar-refractivity contribution in [3.8, 4) is 6.07 Å². The van der Waals surface area contributed by atoms with Crippen LogP contribution in [-0.2, 0) is 26.2 Å². The molecule has 0 N–H and O–H groups in total. The van der Waals surface area contributed by atoms with Crippen LogP contribution >= 0.6 is 0 Å². The third kappa shape index (κ3) is 6.46. The highest BCUT2D eigenvalue weighted by molar-refractivity contribution is 5.94. The van der Waals surface area contributed by atoms with Crippen LogP contribution in [0.15, 0.2) is 30.3 Å². The Labute approximate surface area is 191 Å². The predicted octanol–water partition coefficient (Wildman–Crippen LogP) is 6.00. The summed E-state index contributed by atoms with van der Waals surface area (Å²) < 4.78 is 13.3. The lowest BCUT2D eigenvalue weighted by Gasteiger charge is -2.21. The van der Waals surface area contributed by atoms with E-state index in [-0.39, 0.29) is 11.4 Å². The Bertz CT molecular complexity index is 989. The van der Waals surface area contributed by atoms with Crippen molar-refractivity contribution in [1.29, 1.82) is 5.26 Å². The number of rotatable bonds is 9. The van der Waals surface area contributed by atoms with E-state index < -0.39 is 6.29 Å². The largest absolute Gasteiger partial charge is 0.451 e. The fourth-order valence-corrected chi connectivity index (χ4v) is 3.36. The van der Waals surface area contributed by atoms with E-state index in [4.69, 9.17) is 9.47 Å². The molecular weight excluding hydrogens is 402 g/mol. The normalized spacial score (nSPS) is 13.2. The fraction of sp³-hybridized carbons (Fsp3) is 0.500. The van der Waals surface area contributed by atoms with Gasteiger partial charge >= 0.3 is 5.97 Å². The Morgan fingerprint density at radius 1 is 1.19 bits per heavy atom. The molecule has 0 bridgehead atoms. The topological polar surface area (TPSA) is 77.1 Å². The molecular formula is C26H35N3O3. The molecule has 32 heavy (non-hydrogen) atoms. The van der Waals surface area contributed by atoms with E-state index in [1.807, 2.05) is 51.1 Å². The van der Waals surface area contributed by atoms with Crippen LogP contribution in [0, 0.1) is 18.3 Å². The van der Waals surface area contributed by atoms with Gasteiger partial charge in [-0.3, -0.25) is 9.48 Å². The third-order valence-corrected chi connectivity index (χ3v) is 5.13. The van der Waals surface area contributed by atoms with Crippen molar-refractivity contribution in [1.82, 2.24) is 9.78 Å². The Morgan fingerprint density at radius 3 is 2.38 bits per heavy atom. The fourth-order valence-electron chi connectivity index (χ4n) is 3.36. The Kier molecular flexibility index (Phi) is 8.65. The zero-order valence-corrected chi connectivity index (χ0v) is 20.4. The maximum atomic E-state index is 12.1. The summed E-state index contributed by atoms with van der Waals surface area (Å²) in [6.45, 7) is 14.6. The quantitative estimate of drug-likeness (QED) is 0.208. The molecule has 0 saturated heterocycles. The molecule has 6 nitrogen and oxygen atoms in total. The number of ether oxygens (including phenoxy) is 2. The van der Waals surface area contributed by atoms with Crippen molar-refractivity contribution in [2.24, 2.45) is 0 Å². The third-order valence-electron chi connectivity index (χ3n) is 5.13. The van der Waals surface area contributed by atoms with Crippen LogP contribution in [0.1, 0.15) is 83.3 Å². The number of nitrogens with zero attached hydrogens (tertiary/aromatic N) is 3. The van der Waals surface area contributed by atoms with Gasteiger partial charge < -0.3 is 9.47 Å². The van der Waals surface area contributed by atoms with Crippen molar-refractivity contribution < 1.29 is 14.3 Å². The van der Waals surface area contributed by atoms with Crippen molar-refractivity contribution in [3.05, 3.63) is 52.8 Å². The van der Waals surface area contributed by atoms with E-state index in [1.54, 1.807) is 11.6 Å². The van der Waals surface area contributed by atoms with Gasteiger partial charge in [0.15, 0.2) is 5.76 Å². The van der Waals surface area contributed by atoms with Crippen molar-refractivity contribution in [3.63, 3.8) is 0 Å². The van der Waals surface area contributed by atoms with Crippen LogP contribution in [0.25, 0.3) is 11.3 Å². The molecule has 6 heteroatoms. The molecule has 0 aliphatic heterocycles. The van der Waals surface area contributed by atoms with Crippen LogP contribution < -0.4 is 0 Å². The second-order valence-corrected chi connectivity index (χ2v) is 8.91. The van der Waals surface area contributed by atoms with E-state index in [2.05, 4.69) is 31.9 Å². The minimum atomic E-state index is -0.841. The molecule has 0 aliphatic carbocycles. The molecule has 1 aromatic heterocycles. The molecule has 0 amide bonds. The van der Waals surface area contributed by atoms with Crippen LogP contribution in [0.5, 0.6) is 0 Å². The van der Waals surface area contributed by atoms with Gasteiger partial charge in [0.25, 0.3) is 0 Å². The molecule has 0 fully saturated rings. The molecule has 172 valence electrons. The van der Waals surface area contributed by atoms with E-state index in [0.29, 0.717) is 30.0 Å². The maximum Gasteiger partial charge on any atom is 0.308 e. The first kappa shape index (κ1) is 25.2. The van der Waals surface area contributed by atoms with E-state index in [1.165, 1.54) is 5.56 Å². The van der Waals surface area contributed by atoms with Crippen LogP contribution in [0.3, 0.4) is 0 Å². The summed E-state index contributed by atoms with van der Waals surface area (Å²) in [7, 11) is 0. The van der Waals surface area contributed by atoms with Gasteiger partial charge in [-0.25, -0.2) is 0 Å². The molecule has 1 atom stereocenters. The second kappa shape index (κ2) is 11.0. The Balaban J connectivity index is 2.51. The second-order valence-electron chi connectivity index (χ2n) is 8.91. The predicted molar refractivity (Wildman–Crippen MR) is 126 cm³/mol. The summed E-state index contributed by atoms with van der Waals surface area (Å²) in [5, 5.41) is 14.6. The van der Waals surface area contributed by atoms with Gasteiger partial charge in [0, 0.05) is 19.9 Å². The van der Waals surface area contributed by atoms with Gasteiger partial charge in [-0.1, -0.05) is 58.4 Å². The highest BCUT2D eigenvalue weighted by Crippen LogP contribution is 2.31. The number of unbranched alkanes of at least 4 members (excludes halogenated alkanes) is 1. The molecule has 0 aliphatic rings. The molecule has 1 unspecified atom stereocenters. The van der Waals surface area contributed by atoms with Gasteiger partial charge in [0.2, 0.25) is 6.29 Å². The summed E-state index contributed by atoms with van der Waals surface area (Å²) in [6.07, 6.45) is 1.18. The first-order chi connectivity index (χ1) is 15.1. The van der Waals surface area contributed by atoms with Crippen LogP contribution in [0.2, 0.25) is 0 Å². The van der Waals surface area contributed by atoms with Crippen molar-refractivity contribution in [2.45, 2.75) is 86.0 Å². The summed E-state index contributed by atoms with van der Waals surface area (Å²) in [5.74, 6) is 0.0427. The zero-order chi connectivity index (χ0) is 23.9. The average Bonchev–Trinajstić information content (AvgIpc) is 3.12. The van der Waals surface area contributed by atoms with Gasteiger partial charge in [-0.2, -0.15) is 10.4 Å². The molecule has 1 heterocycles. The number of carbonyl (C=O) groups is 1. The number of benzene rings is 1. The molecule has 2 rings (SSSR count). The number of aromatic nitrogens is 2.